The molecule has 1 atom stereocenters. The molecule has 15 heavy (non-hydrogen) atoms. The van der Waals surface area contributed by atoms with Gasteiger partial charge in [0.1, 0.15) is 0 Å². The Morgan fingerprint density at radius 1 is 1.33 bits per heavy atom. The zero-order valence-corrected chi connectivity index (χ0v) is 7.67. The Bertz CT molecular complexity index is 403. The van der Waals surface area contributed by atoms with Crippen molar-refractivity contribution in [3.05, 3.63) is 17.8 Å². The van der Waals surface area contributed by atoms with Gasteiger partial charge in [-0.25, -0.2) is 9.00 Å². The van der Waals surface area contributed by atoms with Crippen LogP contribution in [0.4, 0.5) is 13.2 Å². The third-order valence-electron chi connectivity index (χ3n) is 1.26. The third kappa shape index (κ3) is 2.72. The van der Waals surface area contributed by atoms with Gasteiger partial charge in [-0.15, -0.1) is 10.2 Å². The Morgan fingerprint density at radius 3 is 2.27 bits per heavy atom. The minimum Gasteiger partial charge on any atom is -0.476 e. The standard InChI is InChI=1S/C6H3F3N2O3S/c7-6(8,9)15(14)4-2-1-3(5(12)13)10-11-4/h1-2H,(H,12,13). The van der Waals surface area contributed by atoms with E-state index in [0.29, 0.717) is 6.07 Å². The highest BCUT2D eigenvalue weighted by Gasteiger charge is 2.39. The van der Waals surface area contributed by atoms with E-state index in [9.17, 15) is 22.2 Å². The van der Waals surface area contributed by atoms with E-state index < -0.39 is 33.0 Å². The number of rotatable bonds is 2. The zero-order chi connectivity index (χ0) is 11.6. The monoisotopic (exact) mass is 240 g/mol. The number of carbonyl (C=O) groups is 1. The van der Waals surface area contributed by atoms with Crippen LogP contribution in [0.3, 0.4) is 0 Å². The normalized spacial score (nSPS) is 13.5. The van der Waals surface area contributed by atoms with Crippen molar-refractivity contribution in [3.63, 3.8) is 0 Å². The molecule has 0 spiro atoms. The highest BCUT2D eigenvalue weighted by Crippen LogP contribution is 2.24. The van der Waals surface area contributed by atoms with Crippen LogP contribution in [0.25, 0.3) is 0 Å². The van der Waals surface area contributed by atoms with Crippen LogP contribution in [0.1, 0.15) is 10.5 Å². The van der Waals surface area contributed by atoms with Crippen molar-refractivity contribution in [2.75, 3.05) is 0 Å². The van der Waals surface area contributed by atoms with Gasteiger partial charge in [-0.1, -0.05) is 0 Å². The van der Waals surface area contributed by atoms with Crippen LogP contribution in [0.5, 0.6) is 0 Å². The topological polar surface area (TPSA) is 80.1 Å². The van der Waals surface area contributed by atoms with Gasteiger partial charge in [0.25, 0.3) is 0 Å². The molecule has 0 aliphatic heterocycles. The van der Waals surface area contributed by atoms with Gasteiger partial charge in [-0.2, -0.15) is 13.2 Å². The lowest BCUT2D eigenvalue weighted by Crippen LogP contribution is -2.18. The van der Waals surface area contributed by atoms with Crippen molar-refractivity contribution >= 4 is 16.8 Å². The molecule has 0 saturated heterocycles. The molecule has 1 aromatic heterocycles. The highest BCUT2D eigenvalue weighted by molar-refractivity contribution is 7.85. The van der Waals surface area contributed by atoms with E-state index in [4.69, 9.17) is 5.11 Å². The van der Waals surface area contributed by atoms with Crippen molar-refractivity contribution in [1.29, 1.82) is 0 Å². The second-order valence-electron chi connectivity index (χ2n) is 2.28. The van der Waals surface area contributed by atoms with Gasteiger partial charge >= 0.3 is 11.5 Å². The second-order valence-corrected chi connectivity index (χ2v) is 3.70. The lowest BCUT2D eigenvalue weighted by Gasteiger charge is -2.03. The molecule has 1 N–H and O–H groups in total. The fourth-order valence-corrected chi connectivity index (χ4v) is 1.20. The number of nitrogens with zero attached hydrogens (tertiary/aromatic N) is 2. The van der Waals surface area contributed by atoms with E-state index in [1.165, 1.54) is 0 Å². The number of alkyl halides is 3. The predicted molar refractivity (Wildman–Crippen MR) is 41.5 cm³/mol. The highest BCUT2D eigenvalue weighted by atomic mass is 32.2. The van der Waals surface area contributed by atoms with Gasteiger partial charge in [0.05, 0.1) is 0 Å². The van der Waals surface area contributed by atoms with Gasteiger partial charge < -0.3 is 5.11 Å². The third-order valence-corrected chi connectivity index (χ3v) is 2.28. The fraction of sp³-hybridized carbons (Fsp3) is 0.167. The van der Waals surface area contributed by atoms with E-state index in [-0.39, 0.29) is 0 Å². The Balaban J connectivity index is 3.00. The van der Waals surface area contributed by atoms with Crippen molar-refractivity contribution in [3.8, 4) is 0 Å². The Labute approximate surface area is 83.4 Å². The van der Waals surface area contributed by atoms with Gasteiger partial charge in [-0.3, -0.25) is 0 Å². The number of hydrogen-bond acceptors (Lipinski definition) is 4. The van der Waals surface area contributed by atoms with Crippen LogP contribution < -0.4 is 0 Å². The maximum Gasteiger partial charge on any atom is 0.477 e. The van der Waals surface area contributed by atoms with Gasteiger partial charge in [-0.05, 0) is 12.1 Å². The molecule has 0 aliphatic carbocycles. The molecule has 82 valence electrons. The molecule has 5 nitrogen and oxygen atoms in total. The summed E-state index contributed by atoms with van der Waals surface area (Å²) in [7, 11) is -3.29. The van der Waals surface area contributed by atoms with Crippen LogP contribution in [0, 0.1) is 0 Å². The quantitative estimate of drug-likeness (QED) is 0.827. The molecule has 1 heterocycles. The molecule has 1 unspecified atom stereocenters. The number of carboxylic acid groups (broad SMARTS) is 1. The van der Waals surface area contributed by atoms with E-state index in [2.05, 4.69) is 10.2 Å². The largest absolute Gasteiger partial charge is 0.477 e. The molecule has 0 aromatic carbocycles. The summed E-state index contributed by atoms with van der Waals surface area (Å²) >= 11 is 0. The summed E-state index contributed by atoms with van der Waals surface area (Å²) in [6.07, 6.45) is 0. The van der Waals surface area contributed by atoms with Gasteiger partial charge in [0.15, 0.2) is 21.5 Å². The van der Waals surface area contributed by atoms with Crippen LogP contribution in [0.2, 0.25) is 0 Å². The SMILES string of the molecule is O=C(O)c1ccc(S(=O)C(F)(F)F)nn1. The second kappa shape index (κ2) is 3.93. The number of hydrogen-bond donors (Lipinski definition) is 1. The summed E-state index contributed by atoms with van der Waals surface area (Å²) in [6.45, 7) is 0. The van der Waals surface area contributed by atoms with Crippen molar-refractivity contribution in [2.45, 2.75) is 10.5 Å². The van der Waals surface area contributed by atoms with E-state index in [0.717, 1.165) is 6.07 Å². The summed E-state index contributed by atoms with van der Waals surface area (Å²) in [4.78, 5) is 10.3. The molecule has 0 fully saturated rings. The first-order valence-electron chi connectivity index (χ1n) is 3.38. The Hall–Kier alpha value is -1.51. The molecular weight excluding hydrogens is 237 g/mol. The first-order valence-corrected chi connectivity index (χ1v) is 4.53. The summed E-state index contributed by atoms with van der Waals surface area (Å²) in [5, 5.41) is 13.4. The summed E-state index contributed by atoms with van der Waals surface area (Å²) in [5.41, 5.74) is -5.45. The van der Waals surface area contributed by atoms with Crippen molar-refractivity contribution in [1.82, 2.24) is 10.2 Å². The molecule has 0 saturated carbocycles. The molecule has 1 aromatic rings. The number of halogens is 3. The molecule has 0 amide bonds. The van der Waals surface area contributed by atoms with Crippen LogP contribution in [-0.4, -0.2) is 31.0 Å². The van der Waals surface area contributed by atoms with E-state index in [1.54, 1.807) is 0 Å². The lowest BCUT2D eigenvalue weighted by molar-refractivity contribution is -0.0386. The molecule has 9 heteroatoms. The number of aromatic nitrogens is 2. The minimum atomic E-state index is -4.93. The summed E-state index contributed by atoms with van der Waals surface area (Å²) in [5.74, 6) is -1.42. The first kappa shape index (κ1) is 11.6. The van der Waals surface area contributed by atoms with E-state index >= 15 is 0 Å². The molecule has 0 aliphatic rings. The van der Waals surface area contributed by atoms with Crippen molar-refractivity contribution in [2.24, 2.45) is 0 Å². The Morgan fingerprint density at radius 2 is 1.93 bits per heavy atom. The first-order chi connectivity index (χ1) is 6.82. The van der Waals surface area contributed by atoms with Crippen molar-refractivity contribution < 1.29 is 27.3 Å². The fourth-order valence-electron chi connectivity index (χ4n) is 0.652. The molecule has 0 radical (unpaired) electrons. The number of carboxylic acids is 1. The lowest BCUT2D eigenvalue weighted by atomic mass is 10.4. The predicted octanol–water partition coefficient (Wildman–Crippen LogP) is 0.802. The molecule has 1 rings (SSSR count). The maximum absolute atomic E-state index is 11.9. The minimum absolute atomic E-state index is 0.516. The average molecular weight is 240 g/mol. The number of aromatic carboxylic acids is 1. The van der Waals surface area contributed by atoms with E-state index in [1.807, 2.05) is 0 Å². The maximum atomic E-state index is 11.9. The average Bonchev–Trinajstić information content (AvgIpc) is 2.15. The smallest absolute Gasteiger partial charge is 0.476 e. The van der Waals surface area contributed by atoms with Gasteiger partial charge in [0.2, 0.25) is 0 Å². The Kier molecular flexibility index (Phi) is 3.03. The van der Waals surface area contributed by atoms with Crippen LogP contribution in [-0.2, 0) is 10.8 Å². The summed E-state index contributed by atoms with van der Waals surface area (Å²) < 4.78 is 46.4. The summed E-state index contributed by atoms with van der Waals surface area (Å²) in [6, 6.07) is 1.51. The van der Waals surface area contributed by atoms with Gasteiger partial charge in [0, 0.05) is 0 Å². The van der Waals surface area contributed by atoms with Crippen LogP contribution >= 0.6 is 0 Å². The molecular formula is C6H3F3N2O3S. The van der Waals surface area contributed by atoms with Crippen LogP contribution in [0.15, 0.2) is 17.2 Å². The molecule has 0 bridgehead atoms. The zero-order valence-electron chi connectivity index (χ0n) is 6.85.